The maximum absolute atomic E-state index is 5.62. The van der Waals surface area contributed by atoms with Crippen molar-refractivity contribution in [3.05, 3.63) is 0 Å². The van der Waals surface area contributed by atoms with Gasteiger partial charge in [-0.3, -0.25) is 19.6 Å². The molecule has 0 atom stereocenters. The number of nitrogens with zero attached hydrogens (tertiary/aromatic N) is 4. The van der Waals surface area contributed by atoms with Crippen LogP contribution in [0, 0.1) is 0 Å². The van der Waals surface area contributed by atoms with Gasteiger partial charge in [-0.15, -0.1) is 0 Å². The van der Waals surface area contributed by atoms with Crippen LogP contribution >= 0.6 is 0 Å². The maximum Gasteiger partial charge on any atom is 0.0506 e. The van der Waals surface area contributed by atoms with Gasteiger partial charge in [-0.25, -0.2) is 0 Å². The number of nitrogens with two attached hydrogens (primary N) is 7. The van der Waals surface area contributed by atoms with E-state index in [1.54, 1.807) is 0 Å². The van der Waals surface area contributed by atoms with Crippen molar-refractivity contribution in [1.82, 2.24) is 19.6 Å². The van der Waals surface area contributed by atoms with Crippen LogP contribution in [0.2, 0.25) is 0 Å². The van der Waals surface area contributed by atoms with E-state index in [9.17, 15) is 0 Å². The normalized spacial score (nSPS) is 11.7. The quantitative estimate of drug-likeness (QED) is 0.0614. The van der Waals surface area contributed by atoms with Crippen molar-refractivity contribution in [2.75, 3.05) is 112 Å². The topological polar surface area (TPSA) is 195 Å². The fourth-order valence-electron chi connectivity index (χ4n) is 4.16. The molecular formula is C27H69N11. The van der Waals surface area contributed by atoms with Crippen LogP contribution in [0.5, 0.6) is 0 Å². The molecule has 0 aromatic carbocycles. The predicted octanol–water partition coefficient (Wildman–Crippen LogP) is -0.663. The molecular weight excluding hydrogens is 478 g/mol. The second-order valence-electron chi connectivity index (χ2n) is 10.1. The summed E-state index contributed by atoms with van der Waals surface area (Å²) in [7, 11) is 0. The minimum absolute atomic E-state index is 0.741. The summed E-state index contributed by atoms with van der Waals surface area (Å²) in [4.78, 5) is 9.87. The van der Waals surface area contributed by atoms with Gasteiger partial charge >= 0.3 is 0 Å². The fourth-order valence-corrected chi connectivity index (χ4v) is 4.16. The zero-order chi connectivity index (χ0) is 28.7. The molecule has 0 saturated heterocycles. The lowest BCUT2D eigenvalue weighted by atomic mass is 10.3. The van der Waals surface area contributed by atoms with Gasteiger partial charge in [0.05, 0.1) is 13.3 Å². The molecule has 0 aromatic heterocycles. The van der Waals surface area contributed by atoms with Crippen LogP contribution in [0.25, 0.3) is 0 Å². The van der Waals surface area contributed by atoms with Gasteiger partial charge in [-0.1, -0.05) is 13.3 Å². The van der Waals surface area contributed by atoms with E-state index in [2.05, 4.69) is 26.5 Å². The van der Waals surface area contributed by atoms with E-state index in [1.807, 2.05) is 0 Å². The molecule has 38 heavy (non-hydrogen) atoms. The second-order valence-corrected chi connectivity index (χ2v) is 10.1. The van der Waals surface area contributed by atoms with Crippen LogP contribution in [-0.4, -0.2) is 131 Å². The Hall–Kier alpha value is -0.440. The Bertz CT molecular complexity index is 326. The molecule has 0 heterocycles. The smallest absolute Gasteiger partial charge is 0.0506 e. The molecule has 0 fully saturated rings. The number of unbranched alkanes of at least 4 members (excludes halogenated alkanes) is 1. The first-order chi connectivity index (χ1) is 18.6. The first-order valence-corrected chi connectivity index (χ1v) is 15.4. The van der Waals surface area contributed by atoms with E-state index in [0.717, 1.165) is 156 Å². The summed E-state index contributed by atoms with van der Waals surface area (Å²) in [5, 5.41) is 0. The number of rotatable bonds is 28. The zero-order valence-electron chi connectivity index (χ0n) is 25.2. The van der Waals surface area contributed by atoms with Crippen molar-refractivity contribution in [2.24, 2.45) is 40.1 Å². The summed E-state index contributed by atoms with van der Waals surface area (Å²) in [5.74, 6) is 0. The van der Waals surface area contributed by atoms with Crippen LogP contribution in [0.4, 0.5) is 0 Å². The first-order valence-electron chi connectivity index (χ1n) is 15.4. The highest BCUT2D eigenvalue weighted by atomic mass is 15.3. The average Bonchev–Trinajstić information content (AvgIpc) is 2.94. The molecule has 0 aliphatic heterocycles. The molecule has 0 spiro atoms. The molecule has 11 heteroatoms. The Morgan fingerprint density at radius 2 is 0.500 bits per heavy atom. The maximum atomic E-state index is 5.62. The zero-order valence-corrected chi connectivity index (χ0v) is 25.2. The van der Waals surface area contributed by atoms with E-state index >= 15 is 0 Å². The van der Waals surface area contributed by atoms with E-state index in [4.69, 9.17) is 40.1 Å². The Labute approximate surface area is 236 Å². The third-order valence-electron chi connectivity index (χ3n) is 6.38. The fraction of sp³-hybridized carbons (Fsp3) is 1.00. The number of hydrogen-bond acceptors (Lipinski definition) is 11. The minimum Gasteiger partial charge on any atom is -0.330 e. The largest absolute Gasteiger partial charge is 0.330 e. The van der Waals surface area contributed by atoms with Crippen LogP contribution < -0.4 is 40.1 Å². The molecule has 0 amide bonds. The van der Waals surface area contributed by atoms with E-state index in [1.165, 1.54) is 12.8 Å². The Morgan fingerprint density at radius 3 is 0.658 bits per heavy atom. The van der Waals surface area contributed by atoms with Crippen LogP contribution in [0.1, 0.15) is 64.7 Å². The summed E-state index contributed by atoms with van der Waals surface area (Å²) in [6, 6.07) is 0. The lowest BCUT2D eigenvalue weighted by Crippen LogP contribution is -2.41. The highest BCUT2D eigenvalue weighted by molar-refractivity contribution is 4.65. The second kappa shape index (κ2) is 32.8. The number of hydrogen-bond donors (Lipinski definition) is 7. The Morgan fingerprint density at radius 1 is 0.316 bits per heavy atom. The molecule has 0 bridgehead atoms. The molecule has 0 saturated carbocycles. The van der Waals surface area contributed by atoms with Crippen molar-refractivity contribution in [1.29, 1.82) is 0 Å². The van der Waals surface area contributed by atoms with Crippen LogP contribution in [-0.2, 0) is 0 Å². The van der Waals surface area contributed by atoms with Crippen molar-refractivity contribution >= 4 is 0 Å². The minimum atomic E-state index is 0.741. The SMILES string of the molecule is CCCCN(CCCN)CN(CCCN)CCCN.NCCCN(CCCN)CN(CCCN)CCCN. The van der Waals surface area contributed by atoms with Crippen molar-refractivity contribution in [3.8, 4) is 0 Å². The van der Waals surface area contributed by atoms with E-state index in [-0.39, 0.29) is 0 Å². The Balaban J connectivity index is 0. The molecule has 0 unspecified atom stereocenters. The summed E-state index contributed by atoms with van der Waals surface area (Å²) in [5.41, 5.74) is 39.2. The lowest BCUT2D eigenvalue weighted by Gasteiger charge is -2.30. The van der Waals surface area contributed by atoms with Gasteiger partial charge in [0.25, 0.3) is 0 Å². The van der Waals surface area contributed by atoms with Crippen molar-refractivity contribution < 1.29 is 0 Å². The summed E-state index contributed by atoms with van der Waals surface area (Å²) >= 11 is 0. The first kappa shape index (κ1) is 39.7. The van der Waals surface area contributed by atoms with Crippen molar-refractivity contribution in [2.45, 2.75) is 64.7 Å². The standard InChI is InChI=1S/C14H35N5.C13H34N6/c1-2-3-10-18(11-4-7-15)14-19(12-5-8-16)13-6-9-17;14-5-1-9-18(10-2-6-15)13-19(11-3-7-16)12-4-8-17/h2-17H2,1H3;1-17H2. The van der Waals surface area contributed by atoms with E-state index in [0.29, 0.717) is 0 Å². The molecule has 0 rings (SSSR count). The predicted molar refractivity (Wildman–Crippen MR) is 167 cm³/mol. The molecule has 0 radical (unpaired) electrons. The van der Waals surface area contributed by atoms with Gasteiger partial charge in [0, 0.05) is 45.8 Å². The summed E-state index contributed by atoms with van der Waals surface area (Å²) in [6.45, 7) is 18.1. The van der Waals surface area contributed by atoms with Gasteiger partial charge in [0.15, 0.2) is 0 Å². The lowest BCUT2D eigenvalue weighted by molar-refractivity contribution is 0.127. The van der Waals surface area contributed by atoms with Crippen LogP contribution in [0.3, 0.4) is 0 Å². The van der Waals surface area contributed by atoms with Gasteiger partial charge in [0.1, 0.15) is 0 Å². The average molecular weight is 548 g/mol. The Kier molecular flexibility index (Phi) is 34.2. The highest BCUT2D eigenvalue weighted by Gasteiger charge is 2.11. The van der Waals surface area contributed by atoms with E-state index < -0.39 is 0 Å². The molecule has 14 N–H and O–H groups in total. The van der Waals surface area contributed by atoms with Crippen LogP contribution in [0.15, 0.2) is 0 Å². The van der Waals surface area contributed by atoms with Gasteiger partial charge in [-0.2, -0.15) is 0 Å². The molecule has 0 aliphatic rings. The van der Waals surface area contributed by atoms with Gasteiger partial charge in [-0.05, 0) is 104 Å². The molecule has 0 aromatic rings. The summed E-state index contributed by atoms with van der Waals surface area (Å²) in [6.07, 6.45) is 9.82. The third kappa shape index (κ3) is 27.1. The van der Waals surface area contributed by atoms with Gasteiger partial charge in [0.2, 0.25) is 0 Å². The van der Waals surface area contributed by atoms with Gasteiger partial charge < -0.3 is 40.1 Å². The third-order valence-corrected chi connectivity index (χ3v) is 6.38. The molecule has 0 aliphatic carbocycles. The monoisotopic (exact) mass is 548 g/mol. The summed E-state index contributed by atoms with van der Waals surface area (Å²) < 4.78 is 0. The molecule has 11 nitrogen and oxygen atoms in total. The molecule has 232 valence electrons. The highest BCUT2D eigenvalue weighted by Crippen LogP contribution is 2.02. The van der Waals surface area contributed by atoms with Crippen molar-refractivity contribution in [3.63, 3.8) is 0 Å².